The first kappa shape index (κ1) is 22.2. The van der Waals surface area contributed by atoms with Gasteiger partial charge < -0.3 is 20.7 Å². The van der Waals surface area contributed by atoms with Crippen molar-refractivity contribution in [2.75, 3.05) is 36.1 Å². The molecule has 1 aliphatic heterocycles. The number of hydrogen-bond donors (Lipinski definition) is 3. The lowest BCUT2D eigenvalue weighted by atomic mass is 10.2. The first-order chi connectivity index (χ1) is 14.6. The molecule has 3 rings (SSSR count). The molecule has 164 valence electrons. The highest BCUT2D eigenvalue weighted by Gasteiger charge is 2.28. The molecule has 0 saturated carbocycles. The number of carbonyl (C=O) groups excluding carboxylic acids is 3. The molecule has 0 aromatic heterocycles. The molecule has 3 N–H and O–H groups in total. The molecule has 0 atom stereocenters. The predicted molar refractivity (Wildman–Crippen MR) is 114 cm³/mol. The standard InChI is InChI=1S/C20H22N4O6S/c1-12-8-16-17(30-11-20(27)23-16)9-18(12)31(28,29)24(3)10-19(26)22-15-6-4-14(5-7-15)21-13(2)25/h4-9H,10-11H2,1-3H3,(H,21,25)(H,22,26)(H,23,27). The maximum absolute atomic E-state index is 13.0. The molecule has 0 saturated heterocycles. The van der Waals surface area contributed by atoms with Gasteiger partial charge in [0, 0.05) is 31.4 Å². The molecule has 10 nitrogen and oxygen atoms in total. The number of carbonyl (C=O) groups is 3. The number of rotatable bonds is 6. The lowest BCUT2D eigenvalue weighted by molar-refractivity contribution is -0.118. The number of aryl methyl sites for hydroxylation is 1. The maximum Gasteiger partial charge on any atom is 0.262 e. The Hall–Kier alpha value is -3.44. The van der Waals surface area contributed by atoms with Crippen molar-refractivity contribution in [1.29, 1.82) is 0 Å². The Labute approximate surface area is 179 Å². The van der Waals surface area contributed by atoms with Crippen molar-refractivity contribution >= 4 is 44.8 Å². The molecule has 0 radical (unpaired) electrons. The summed E-state index contributed by atoms with van der Waals surface area (Å²) in [6, 6.07) is 9.28. The van der Waals surface area contributed by atoms with Crippen molar-refractivity contribution in [2.45, 2.75) is 18.7 Å². The van der Waals surface area contributed by atoms with Crippen molar-refractivity contribution in [3.05, 3.63) is 42.0 Å². The summed E-state index contributed by atoms with van der Waals surface area (Å²) >= 11 is 0. The topological polar surface area (TPSA) is 134 Å². The Balaban J connectivity index is 1.70. The number of amides is 3. The van der Waals surface area contributed by atoms with Crippen LogP contribution < -0.4 is 20.7 Å². The fourth-order valence-electron chi connectivity index (χ4n) is 2.99. The molecular formula is C20H22N4O6S. The van der Waals surface area contributed by atoms with Crippen LogP contribution in [0, 0.1) is 6.92 Å². The molecule has 2 aromatic rings. The summed E-state index contributed by atoms with van der Waals surface area (Å²) in [6.07, 6.45) is 0. The van der Waals surface area contributed by atoms with E-state index in [4.69, 9.17) is 4.74 Å². The third-order valence-corrected chi connectivity index (χ3v) is 6.40. The van der Waals surface area contributed by atoms with E-state index in [9.17, 15) is 22.8 Å². The molecule has 2 aromatic carbocycles. The van der Waals surface area contributed by atoms with Crippen molar-refractivity contribution < 1.29 is 27.5 Å². The van der Waals surface area contributed by atoms with Gasteiger partial charge in [0.25, 0.3) is 5.91 Å². The van der Waals surface area contributed by atoms with E-state index in [1.807, 2.05) is 0 Å². The van der Waals surface area contributed by atoms with Gasteiger partial charge >= 0.3 is 0 Å². The van der Waals surface area contributed by atoms with Gasteiger partial charge in [0.05, 0.1) is 17.1 Å². The second-order valence-corrected chi connectivity index (χ2v) is 9.03. The highest BCUT2D eigenvalue weighted by Crippen LogP contribution is 2.33. The van der Waals surface area contributed by atoms with Gasteiger partial charge in [-0.15, -0.1) is 0 Å². The van der Waals surface area contributed by atoms with Crippen molar-refractivity contribution in [1.82, 2.24) is 4.31 Å². The monoisotopic (exact) mass is 446 g/mol. The van der Waals surface area contributed by atoms with Crippen LogP contribution >= 0.6 is 0 Å². The third kappa shape index (κ3) is 5.19. The molecule has 0 spiro atoms. The second-order valence-electron chi connectivity index (χ2n) is 7.02. The van der Waals surface area contributed by atoms with Crippen LogP contribution in [0.15, 0.2) is 41.3 Å². The summed E-state index contributed by atoms with van der Waals surface area (Å²) < 4.78 is 32.2. The van der Waals surface area contributed by atoms with Crippen LogP contribution in [0.1, 0.15) is 12.5 Å². The Morgan fingerprint density at radius 1 is 1.13 bits per heavy atom. The number of benzene rings is 2. The van der Waals surface area contributed by atoms with Gasteiger partial charge in [0.1, 0.15) is 5.75 Å². The van der Waals surface area contributed by atoms with Crippen molar-refractivity contribution in [2.24, 2.45) is 0 Å². The van der Waals surface area contributed by atoms with E-state index >= 15 is 0 Å². The lowest BCUT2D eigenvalue weighted by Crippen LogP contribution is -2.35. The van der Waals surface area contributed by atoms with E-state index < -0.39 is 22.5 Å². The molecule has 0 aliphatic carbocycles. The molecule has 31 heavy (non-hydrogen) atoms. The summed E-state index contributed by atoms with van der Waals surface area (Å²) in [5.74, 6) is -0.811. The number of fused-ring (bicyclic) bond motifs is 1. The number of hydrogen-bond acceptors (Lipinski definition) is 6. The summed E-state index contributed by atoms with van der Waals surface area (Å²) in [6.45, 7) is 2.37. The number of sulfonamides is 1. The third-order valence-electron chi connectivity index (χ3n) is 4.45. The first-order valence-corrected chi connectivity index (χ1v) is 10.7. The second kappa shape index (κ2) is 8.74. The average Bonchev–Trinajstić information content (AvgIpc) is 2.68. The fraction of sp³-hybridized carbons (Fsp3) is 0.250. The number of nitrogens with zero attached hydrogens (tertiary/aromatic N) is 1. The molecule has 3 amide bonds. The Morgan fingerprint density at radius 2 is 1.74 bits per heavy atom. The number of anilines is 3. The molecule has 11 heteroatoms. The zero-order valence-electron chi connectivity index (χ0n) is 17.2. The van der Waals surface area contributed by atoms with Crippen molar-refractivity contribution in [3.63, 3.8) is 0 Å². The van der Waals surface area contributed by atoms with Gasteiger partial charge in [-0.3, -0.25) is 14.4 Å². The SMILES string of the molecule is CC(=O)Nc1ccc(NC(=O)CN(C)S(=O)(=O)c2cc3c(cc2C)NC(=O)CO3)cc1. The smallest absolute Gasteiger partial charge is 0.262 e. The van der Waals surface area contributed by atoms with Gasteiger partial charge in [-0.05, 0) is 42.8 Å². The van der Waals surface area contributed by atoms with E-state index in [-0.39, 0.29) is 29.1 Å². The highest BCUT2D eigenvalue weighted by atomic mass is 32.2. The van der Waals surface area contributed by atoms with Crippen LogP contribution in [0.25, 0.3) is 0 Å². The Kier molecular flexibility index (Phi) is 6.27. The summed E-state index contributed by atoms with van der Waals surface area (Å²) in [5, 5.41) is 7.85. The van der Waals surface area contributed by atoms with E-state index in [1.165, 1.54) is 26.1 Å². The van der Waals surface area contributed by atoms with Crippen LogP contribution in [0.5, 0.6) is 5.75 Å². The minimum atomic E-state index is -3.99. The molecule has 1 aliphatic rings. The van der Waals surface area contributed by atoms with E-state index in [0.717, 1.165) is 4.31 Å². The first-order valence-electron chi connectivity index (χ1n) is 9.27. The average molecular weight is 446 g/mol. The van der Waals surface area contributed by atoms with Gasteiger partial charge in [-0.2, -0.15) is 4.31 Å². The van der Waals surface area contributed by atoms with Gasteiger partial charge in [0.2, 0.25) is 21.8 Å². The minimum Gasteiger partial charge on any atom is -0.482 e. The normalized spacial score (nSPS) is 13.1. The number of nitrogens with one attached hydrogen (secondary N) is 3. The highest BCUT2D eigenvalue weighted by molar-refractivity contribution is 7.89. The summed E-state index contributed by atoms with van der Waals surface area (Å²) in [4.78, 5) is 34.8. The summed E-state index contributed by atoms with van der Waals surface area (Å²) in [7, 11) is -2.69. The Bertz CT molecular complexity index is 1150. The van der Waals surface area contributed by atoms with Crippen LogP contribution in [0.3, 0.4) is 0 Å². The van der Waals surface area contributed by atoms with E-state index in [0.29, 0.717) is 22.6 Å². The van der Waals surface area contributed by atoms with E-state index in [2.05, 4.69) is 16.0 Å². The summed E-state index contributed by atoms with van der Waals surface area (Å²) in [5.41, 5.74) is 1.84. The van der Waals surface area contributed by atoms with Crippen LogP contribution in [0.4, 0.5) is 17.1 Å². The van der Waals surface area contributed by atoms with Crippen molar-refractivity contribution in [3.8, 4) is 5.75 Å². The minimum absolute atomic E-state index is 0.0163. The van der Waals surface area contributed by atoms with Crippen LogP contribution in [0.2, 0.25) is 0 Å². The number of likely N-dealkylation sites (N-methyl/N-ethyl adjacent to an activating group) is 1. The zero-order valence-corrected chi connectivity index (χ0v) is 18.0. The zero-order chi connectivity index (χ0) is 22.8. The molecule has 0 fully saturated rings. The van der Waals surface area contributed by atoms with Gasteiger partial charge in [-0.1, -0.05) is 0 Å². The molecule has 1 heterocycles. The van der Waals surface area contributed by atoms with Gasteiger partial charge in [-0.25, -0.2) is 8.42 Å². The maximum atomic E-state index is 13.0. The Morgan fingerprint density at radius 3 is 2.35 bits per heavy atom. The molecular weight excluding hydrogens is 424 g/mol. The fourth-order valence-corrected chi connectivity index (χ4v) is 4.33. The van der Waals surface area contributed by atoms with Gasteiger partial charge in [0.15, 0.2) is 6.61 Å². The quantitative estimate of drug-likeness (QED) is 0.616. The molecule has 0 bridgehead atoms. The number of ether oxygens (including phenoxy) is 1. The van der Waals surface area contributed by atoms with Crippen LogP contribution in [-0.4, -0.2) is 50.6 Å². The largest absolute Gasteiger partial charge is 0.482 e. The van der Waals surface area contributed by atoms with Crippen LogP contribution in [-0.2, 0) is 24.4 Å². The molecule has 0 unspecified atom stereocenters. The van der Waals surface area contributed by atoms with E-state index in [1.54, 1.807) is 31.2 Å². The lowest BCUT2D eigenvalue weighted by Gasteiger charge is -2.22. The predicted octanol–water partition coefficient (Wildman–Crippen LogP) is 1.54.